The minimum Gasteiger partial charge on any atom is -0.480 e. The van der Waals surface area contributed by atoms with E-state index in [1.807, 2.05) is 6.92 Å². The zero-order valence-corrected chi connectivity index (χ0v) is 20.7. The largest absolute Gasteiger partial charge is 0.480 e. The molecule has 9 nitrogen and oxygen atoms in total. The molecule has 0 saturated carbocycles. The van der Waals surface area contributed by atoms with Crippen LogP contribution >= 0.6 is 0 Å². The molecule has 0 unspecified atom stereocenters. The van der Waals surface area contributed by atoms with E-state index in [2.05, 4.69) is 10.0 Å². The normalized spacial score (nSPS) is 17.1. The van der Waals surface area contributed by atoms with Crippen LogP contribution in [0.15, 0.2) is 29.2 Å². The van der Waals surface area contributed by atoms with Crippen LogP contribution in [-0.2, 0) is 24.4 Å². The van der Waals surface area contributed by atoms with Crippen molar-refractivity contribution in [1.82, 2.24) is 14.9 Å². The first-order valence-corrected chi connectivity index (χ1v) is 12.7. The Labute approximate surface area is 196 Å². The summed E-state index contributed by atoms with van der Waals surface area (Å²) < 4.78 is 28.2. The summed E-state index contributed by atoms with van der Waals surface area (Å²) in [6.45, 7) is 9.46. The molecule has 0 bridgehead atoms. The second kappa shape index (κ2) is 11.1. The third-order valence-electron chi connectivity index (χ3n) is 5.95. The Morgan fingerprint density at radius 2 is 1.48 bits per heavy atom. The number of nitrogens with one attached hydrogen (secondary N) is 2. The first-order chi connectivity index (χ1) is 15.3. The SMILES string of the molecule is Cc1ccc(S(=O)(=O)N[C@H](C(=O)N2CCC(C(=O)N[C@H](C(=O)O)C(C)C)CC2)C(C)C)cc1. The van der Waals surface area contributed by atoms with Gasteiger partial charge in [-0.05, 0) is 43.7 Å². The van der Waals surface area contributed by atoms with E-state index in [-0.39, 0.29) is 28.5 Å². The van der Waals surface area contributed by atoms with Gasteiger partial charge in [0.2, 0.25) is 21.8 Å². The molecule has 0 radical (unpaired) electrons. The van der Waals surface area contributed by atoms with Crippen LogP contribution in [0.3, 0.4) is 0 Å². The molecule has 0 aliphatic carbocycles. The molecule has 1 aliphatic rings. The number of rotatable bonds is 9. The second-order valence-electron chi connectivity index (χ2n) is 9.32. The standard InChI is InChI=1S/C23H35N3O6S/c1-14(2)19(25-33(31,32)18-8-6-16(5)7-9-18)22(28)26-12-10-17(11-13-26)21(27)24-20(15(3)4)23(29)30/h6-9,14-15,17,19-20,25H,10-13H2,1-5H3,(H,24,27)(H,29,30)/t19-,20-/m0/s1. The monoisotopic (exact) mass is 481 g/mol. The lowest BCUT2D eigenvalue weighted by atomic mass is 9.93. The molecule has 10 heteroatoms. The van der Waals surface area contributed by atoms with Gasteiger partial charge < -0.3 is 15.3 Å². The van der Waals surface area contributed by atoms with Crippen LogP contribution in [0.2, 0.25) is 0 Å². The summed E-state index contributed by atoms with van der Waals surface area (Å²) in [5, 5.41) is 11.9. The van der Waals surface area contributed by atoms with Gasteiger partial charge in [0.25, 0.3) is 0 Å². The second-order valence-corrected chi connectivity index (χ2v) is 11.0. The van der Waals surface area contributed by atoms with E-state index in [0.717, 1.165) is 5.56 Å². The van der Waals surface area contributed by atoms with E-state index in [9.17, 15) is 27.9 Å². The number of benzene rings is 1. The van der Waals surface area contributed by atoms with Gasteiger partial charge in [0.15, 0.2) is 0 Å². The number of likely N-dealkylation sites (tertiary alicyclic amines) is 1. The molecule has 1 saturated heterocycles. The Balaban J connectivity index is 2.02. The maximum Gasteiger partial charge on any atom is 0.326 e. The minimum absolute atomic E-state index is 0.0973. The summed E-state index contributed by atoms with van der Waals surface area (Å²) in [6, 6.07) is 4.52. The average Bonchev–Trinajstić information content (AvgIpc) is 2.75. The van der Waals surface area contributed by atoms with E-state index in [0.29, 0.717) is 25.9 Å². The lowest BCUT2D eigenvalue weighted by molar-refractivity contribution is -0.144. The smallest absolute Gasteiger partial charge is 0.326 e. The molecule has 3 N–H and O–H groups in total. The predicted molar refractivity (Wildman–Crippen MR) is 124 cm³/mol. The first kappa shape index (κ1) is 26.8. The van der Waals surface area contributed by atoms with Crippen LogP contribution in [-0.4, -0.2) is 61.4 Å². The lowest BCUT2D eigenvalue weighted by Crippen LogP contribution is -2.54. The molecular formula is C23H35N3O6S. The van der Waals surface area contributed by atoms with Gasteiger partial charge >= 0.3 is 5.97 Å². The summed E-state index contributed by atoms with van der Waals surface area (Å²) in [5.41, 5.74) is 0.931. The van der Waals surface area contributed by atoms with Gasteiger partial charge in [-0.1, -0.05) is 45.4 Å². The molecule has 2 rings (SSSR count). The van der Waals surface area contributed by atoms with Crippen molar-refractivity contribution < 1.29 is 27.9 Å². The van der Waals surface area contributed by atoms with Crippen molar-refractivity contribution in [2.75, 3.05) is 13.1 Å². The van der Waals surface area contributed by atoms with E-state index < -0.39 is 34.0 Å². The van der Waals surface area contributed by atoms with Gasteiger partial charge in [0.1, 0.15) is 12.1 Å². The number of hydrogen-bond acceptors (Lipinski definition) is 5. The van der Waals surface area contributed by atoms with Crippen molar-refractivity contribution in [3.8, 4) is 0 Å². The quantitative estimate of drug-likeness (QED) is 0.492. The number of nitrogens with zero attached hydrogens (tertiary/aromatic N) is 1. The molecule has 1 aromatic carbocycles. The van der Waals surface area contributed by atoms with Crippen molar-refractivity contribution in [3.05, 3.63) is 29.8 Å². The highest BCUT2D eigenvalue weighted by atomic mass is 32.2. The molecule has 2 atom stereocenters. The number of carboxylic acid groups (broad SMARTS) is 1. The van der Waals surface area contributed by atoms with Gasteiger partial charge in [-0.15, -0.1) is 0 Å². The molecule has 33 heavy (non-hydrogen) atoms. The molecule has 2 amide bonds. The topological polar surface area (TPSA) is 133 Å². The fourth-order valence-electron chi connectivity index (χ4n) is 3.77. The summed E-state index contributed by atoms with van der Waals surface area (Å²) in [7, 11) is -3.88. The number of piperidine rings is 1. The number of aliphatic carboxylic acids is 1. The maximum atomic E-state index is 13.2. The fraction of sp³-hybridized carbons (Fsp3) is 0.609. The molecule has 1 aliphatic heterocycles. The third kappa shape index (κ3) is 7.01. The number of carbonyl (C=O) groups excluding carboxylic acids is 2. The Morgan fingerprint density at radius 3 is 1.94 bits per heavy atom. The Morgan fingerprint density at radius 1 is 0.970 bits per heavy atom. The summed E-state index contributed by atoms with van der Waals surface area (Å²) in [4.78, 5) is 38.7. The molecular weight excluding hydrogens is 446 g/mol. The lowest BCUT2D eigenvalue weighted by Gasteiger charge is -2.35. The van der Waals surface area contributed by atoms with Crippen molar-refractivity contribution in [2.24, 2.45) is 17.8 Å². The van der Waals surface area contributed by atoms with Crippen molar-refractivity contribution in [3.63, 3.8) is 0 Å². The van der Waals surface area contributed by atoms with Gasteiger partial charge in [-0.25, -0.2) is 13.2 Å². The molecule has 1 fully saturated rings. The van der Waals surface area contributed by atoms with Gasteiger partial charge in [0.05, 0.1) is 4.90 Å². The number of sulfonamides is 1. The minimum atomic E-state index is -3.88. The molecule has 1 aromatic rings. The highest BCUT2D eigenvalue weighted by molar-refractivity contribution is 7.89. The highest BCUT2D eigenvalue weighted by Gasteiger charge is 2.35. The zero-order chi connectivity index (χ0) is 24.9. The fourth-order valence-corrected chi connectivity index (χ4v) is 5.11. The van der Waals surface area contributed by atoms with Crippen LogP contribution in [0.4, 0.5) is 0 Å². The summed E-state index contributed by atoms with van der Waals surface area (Å²) >= 11 is 0. The van der Waals surface area contributed by atoms with E-state index in [1.165, 1.54) is 12.1 Å². The molecule has 1 heterocycles. The van der Waals surface area contributed by atoms with Crippen LogP contribution < -0.4 is 10.0 Å². The zero-order valence-electron chi connectivity index (χ0n) is 19.9. The van der Waals surface area contributed by atoms with Crippen molar-refractivity contribution >= 4 is 27.8 Å². The highest BCUT2D eigenvalue weighted by Crippen LogP contribution is 2.21. The van der Waals surface area contributed by atoms with Gasteiger partial charge in [-0.3, -0.25) is 9.59 Å². The Bertz CT molecular complexity index is 951. The maximum absolute atomic E-state index is 13.2. The number of carbonyl (C=O) groups is 3. The van der Waals surface area contributed by atoms with Crippen molar-refractivity contribution in [2.45, 2.75) is 64.4 Å². The van der Waals surface area contributed by atoms with Crippen LogP contribution in [0, 0.1) is 24.7 Å². The van der Waals surface area contributed by atoms with E-state index in [1.54, 1.807) is 44.7 Å². The van der Waals surface area contributed by atoms with Crippen molar-refractivity contribution in [1.29, 1.82) is 0 Å². The van der Waals surface area contributed by atoms with Gasteiger partial charge in [0, 0.05) is 19.0 Å². The first-order valence-electron chi connectivity index (χ1n) is 11.2. The summed E-state index contributed by atoms with van der Waals surface area (Å²) in [6.07, 6.45) is 0.773. The third-order valence-corrected chi connectivity index (χ3v) is 7.41. The summed E-state index contributed by atoms with van der Waals surface area (Å²) in [5.74, 6) is -2.65. The van der Waals surface area contributed by atoms with E-state index in [4.69, 9.17) is 0 Å². The Kier molecular flexibility index (Phi) is 9.02. The number of carboxylic acids is 1. The van der Waals surface area contributed by atoms with Crippen LogP contribution in [0.5, 0.6) is 0 Å². The molecule has 0 spiro atoms. The van der Waals surface area contributed by atoms with Crippen LogP contribution in [0.1, 0.15) is 46.1 Å². The number of amides is 2. The van der Waals surface area contributed by atoms with E-state index >= 15 is 0 Å². The molecule has 0 aromatic heterocycles. The Hall–Kier alpha value is -2.46. The predicted octanol–water partition coefficient (Wildman–Crippen LogP) is 1.76. The number of hydrogen-bond donors (Lipinski definition) is 3. The van der Waals surface area contributed by atoms with Crippen LogP contribution in [0.25, 0.3) is 0 Å². The number of aryl methyl sites for hydroxylation is 1. The average molecular weight is 482 g/mol. The molecule has 184 valence electrons. The van der Waals surface area contributed by atoms with Gasteiger partial charge in [-0.2, -0.15) is 4.72 Å².